The van der Waals surface area contributed by atoms with Gasteiger partial charge in [0, 0.05) is 6.04 Å². The molecule has 2 aliphatic rings. The Morgan fingerprint density at radius 2 is 2.27 bits per heavy atom. The van der Waals surface area contributed by atoms with Crippen molar-refractivity contribution in [3.05, 3.63) is 30.1 Å². The van der Waals surface area contributed by atoms with Crippen LogP contribution in [0.25, 0.3) is 5.65 Å². The first kappa shape index (κ1) is 13.1. The zero-order valence-electron chi connectivity index (χ0n) is 11.9. The topological polar surface area (TPSA) is 107 Å². The first-order valence-corrected chi connectivity index (χ1v) is 7.32. The number of nitrogens with zero attached hydrogens (tertiary/aromatic N) is 4. The van der Waals surface area contributed by atoms with E-state index in [1.165, 1.54) is 12.7 Å². The van der Waals surface area contributed by atoms with Crippen molar-refractivity contribution in [2.45, 2.75) is 31.2 Å². The van der Waals surface area contributed by atoms with E-state index < -0.39 is 5.91 Å². The lowest BCUT2D eigenvalue weighted by molar-refractivity contribution is -0.117. The maximum absolute atomic E-state index is 11.2. The van der Waals surface area contributed by atoms with Crippen LogP contribution in [0.3, 0.4) is 0 Å². The number of carbonyl (C=O) groups is 1. The Morgan fingerprint density at radius 3 is 2.95 bits per heavy atom. The monoisotopic (exact) mass is 300 g/mol. The molecular formula is C14H16N6O2. The average molecular weight is 300 g/mol. The van der Waals surface area contributed by atoms with E-state index in [2.05, 4.69) is 20.4 Å². The van der Waals surface area contributed by atoms with Gasteiger partial charge in [-0.25, -0.2) is 14.5 Å². The predicted molar refractivity (Wildman–Crippen MR) is 78.0 cm³/mol. The highest BCUT2D eigenvalue weighted by molar-refractivity contribution is 5.90. The Bertz CT molecular complexity index is 764. The lowest BCUT2D eigenvalue weighted by Crippen LogP contribution is -2.28. The van der Waals surface area contributed by atoms with Gasteiger partial charge < -0.3 is 15.8 Å². The Hall–Kier alpha value is -2.64. The molecule has 0 aromatic carbocycles. The normalized spacial score (nSPS) is 21.3. The Kier molecular flexibility index (Phi) is 2.95. The molecule has 1 saturated carbocycles. The highest BCUT2D eigenvalue weighted by Crippen LogP contribution is 2.28. The molecule has 0 radical (unpaired) electrons. The minimum absolute atomic E-state index is 0.114. The summed E-state index contributed by atoms with van der Waals surface area (Å²) >= 11 is 0. The second-order valence-electron chi connectivity index (χ2n) is 5.61. The van der Waals surface area contributed by atoms with Crippen molar-refractivity contribution in [3.8, 4) is 0 Å². The van der Waals surface area contributed by atoms with Crippen LogP contribution in [0.15, 0.2) is 24.4 Å². The first-order chi connectivity index (χ1) is 10.7. The van der Waals surface area contributed by atoms with Crippen molar-refractivity contribution in [2.24, 2.45) is 5.73 Å². The number of fused-ring (bicyclic) bond motifs is 1. The van der Waals surface area contributed by atoms with Gasteiger partial charge in [-0.3, -0.25) is 4.79 Å². The number of ether oxygens (including phenoxy) is 1. The van der Waals surface area contributed by atoms with Gasteiger partial charge >= 0.3 is 0 Å². The number of carbonyl (C=O) groups excluding carboxylic acids is 1. The van der Waals surface area contributed by atoms with Crippen LogP contribution in [0.2, 0.25) is 0 Å². The van der Waals surface area contributed by atoms with Crippen LogP contribution in [0.4, 0.5) is 5.82 Å². The molecule has 1 unspecified atom stereocenters. The van der Waals surface area contributed by atoms with Gasteiger partial charge in [0.05, 0.1) is 17.8 Å². The summed E-state index contributed by atoms with van der Waals surface area (Å²) < 4.78 is 7.05. The summed E-state index contributed by atoms with van der Waals surface area (Å²) in [5.41, 5.74) is 6.75. The molecule has 1 amide bonds. The highest BCUT2D eigenvalue weighted by atomic mass is 16.5. The van der Waals surface area contributed by atoms with E-state index in [0.29, 0.717) is 18.3 Å². The van der Waals surface area contributed by atoms with Crippen molar-refractivity contribution in [1.82, 2.24) is 19.6 Å². The molecule has 1 atom stereocenters. The molecule has 3 N–H and O–H groups in total. The molecule has 1 fully saturated rings. The third-order valence-corrected chi connectivity index (χ3v) is 4.17. The lowest BCUT2D eigenvalue weighted by atomic mass is 9.93. The second kappa shape index (κ2) is 4.97. The van der Waals surface area contributed by atoms with Crippen LogP contribution >= 0.6 is 0 Å². The zero-order chi connectivity index (χ0) is 15.1. The quantitative estimate of drug-likeness (QED) is 0.855. The first-order valence-electron chi connectivity index (χ1n) is 7.32. The number of primary amides is 1. The smallest absolute Gasteiger partial charge is 0.283 e. The van der Waals surface area contributed by atoms with E-state index in [9.17, 15) is 4.79 Å². The molecule has 8 heteroatoms. The van der Waals surface area contributed by atoms with E-state index in [-0.39, 0.29) is 11.7 Å². The Balaban J connectivity index is 1.69. The van der Waals surface area contributed by atoms with E-state index in [1.807, 2.05) is 0 Å². The number of nitrogens with two attached hydrogens (primary N) is 1. The van der Waals surface area contributed by atoms with E-state index in [1.54, 1.807) is 16.8 Å². The van der Waals surface area contributed by atoms with E-state index in [4.69, 9.17) is 10.5 Å². The van der Waals surface area contributed by atoms with Crippen molar-refractivity contribution in [2.75, 3.05) is 11.9 Å². The number of nitrogens with one attached hydrogen (secondary N) is 1. The maximum Gasteiger partial charge on any atom is 0.283 e. The summed E-state index contributed by atoms with van der Waals surface area (Å²) in [4.78, 5) is 19.9. The fourth-order valence-electron chi connectivity index (χ4n) is 2.72. The number of anilines is 1. The maximum atomic E-state index is 11.2. The molecule has 114 valence electrons. The second-order valence-corrected chi connectivity index (χ2v) is 5.61. The van der Waals surface area contributed by atoms with Gasteiger partial charge in [0.2, 0.25) is 0 Å². The van der Waals surface area contributed by atoms with Crippen LogP contribution in [0.5, 0.6) is 0 Å². The van der Waals surface area contributed by atoms with Crippen LogP contribution < -0.4 is 11.1 Å². The van der Waals surface area contributed by atoms with Crippen LogP contribution in [0.1, 0.15) is 30.9 Å². The molecule has 22 heavy (non-hydrogen) atoms. The number of amides is 1. The van der Waals surface area contributed by atoms with Gasteiger partial charge in [-0.1, -0.05) is 0 Å². The fraction of sp³-hybridized carbons (Fsp3) is 0.429. The minimum atomic E-state index is -0.562. The molecule has 0 saturated heterocycles. The van der Waals surface area contributed by atoms with Crippen molar-refractivity contribution < 1.29 is 9.53 Å². The molecular weight excluding hydrogens is 284 g/mol. The summed E-state index contributed by atoms with van der Waals surface area (Å²) in [7, 11) is 0. The third-order valence-electron chi connectivity index (χ3n) is 4.17. The number of rotatable bonds is 4. The molecule has 3 heterocycles. The van der Waals surface area contributed by atoms with Crippen LogP contribution in [-0.2, 0) is 9.53 Å². The van der Waals surface area contributed by atoms with Crippen molar-refractivity contribution in [3.63, 3.8) is 0 Å². The summed E-state index contributed by atoms with van der Waals surface area (Å²) in [5.74, 6) is 0.254. The molecule has 1 aliphatic heterocycles. The van der Waals surface area contributed by atoms with E-state index in [0.717, 1.165) is 24.4 Å². The highest BCUT2D eigenvalue weighted by Gasteiger charge is 2.26. The summed E-state index contributed by atoms with van der Waals surface area (Å²) in [6.45, 7) is 0.352. The van der Waals surface area contributed by atoms with Gasteiger partial charge in [0.1, 0.15) is 12.9 Å². The third kappa shape index (κ3) is 2.07. The minimum Gasteiger partial charge on any atom is -0.487 e. The summed E-state index contributed by atoms with van der Waals surface area (Å²) in [6.07, 6.45) is 8.52. The predicted octanol–water partition coefficient (Wildman–Crippen LogP) is 0.572. The summed E-state index contributed by atoms with van der Waals surface area (Å²) in [5, 5.41) is 7.67. The number of hydrogen-bond donors (Lipinski definition) is 2. The van der Waals surface area contributed by atoms with Gasteiger partial charge in [-0.15, -0.1) is 0 Å². The molecule has 0 bridgehead atoms. The van der Waals surface area contributed by atoms with Crippen LogP contribution in [0, 0.1) is 0 Å². The largest absolute Gasteiger partial charge is 0.487 e. The zero-order valence-corrected chi connectivity index (χ0v) is 11.9. The van der Waals surface area contributed by atoms with Crippen LogP contribution in [-0.4, -0.2) is 38.1 Å². The molecule has 8 nitrogen and oxygen atoms in total. The van der Waals surface area contributed by atoms with Gasteiger partial charge in [-0.2, -0.15) is 5.10 Å². The molecule has 2 aromatic rings. The fourth-order valence-corrected chi connectivity index (χ4v) is 2.72. The molecule has 0 spiro atoms. The van der Waals surface area contributed by atoms with Crippen molar-refractivity contribution in [1.29, 1.82) is 0 Å². The Morgan fingerprint density at radius 1 is 1.41 bits per heavy atom. The van der Waals surface area contributed by atoms with E-state index >= 15 is 0 Å². The number of aromatic nitrogens is 4. The summed E-state index contributed by atoms with van der Waals surface area (Å²) in [6, 6.07) is 0.468. The van der Waals surface area contributed by atoms with Gasteiger partial charge in [0.25, 0.3) is 5.91 Å². The standard InChI is InChI=1S/C14H16N6O2/c15-12(21)11-4-8(6-22-11)10-5-16-13(19-9-2-1-3-9)14-17-7-18-20(10)14/h4-5,7-9H,1-3,6H2,(H2,15,21)(H,16,19). The van der Waals surface area contributed by atoms with Gasteiger partial charge in [-0.05, 0) is 25.3 Å². The molecule has 1 aliphatic carbocycles. The van der Waals surface area contributed by atoms with Gasteiger partial charge in [0.15, 0.2) is 17.2 Å². The van der Waals surface area contributed by atoms with Crippen molar-refractivity contribution >= 4 is 17.4 Å². The molecule has 2 aromatic heterocycles. The SMILES string of the molecule is NC(=O)C1=CC(c2cnc(NC3CCC3)c3ncnn23)CO1. The average Bonchev–Trinajstić information content (AvgIpc) is 3.11. The Labute approximate surface area is 126 Å². The number of hydrogen-bond acceptors (Lipinski definition) is 6. The molecule has 4 rings (SSSR count). The lowest BCUT2D eigenvalue weighted by Gasteiger charge is -2.27.